The molecule has 3 rings (SSSR count). The molecule has 3 aromatic rings. The highest BCUT2D eigenvalue weighted by atomic mass is 32.1. The van der Waals surface area contributed by atoms with E-state index in [1.165, 1.54) is 17.4 Å². The van der Waals surface area contributed by atoms with Crippen molar-refractivity contribution in [2.24, 2.45) is 0 Å². The lowest BCUT2D eigenvalue weighted by atomic mass is 9.99. The minimum Gasteiger partial charge on any atom is -0.384 e. The second kappa shape index (κ2) is 6.95. The lowest BCUT2D eigenvalue weighted by Gasteiger charge is -2.22. The Balaban J connectivity index is 1.67. The zero-order valence-electron chi connectivity index (χ0n) is 13.3. The van der Waals surface area contributed by atoms with E-state index in [0.717, 1.165) is 22.0 Å². The molecule has 0 saturated heterocycles. The normalized spacial score (nSPS) is 13.9. The van der Waals surface area contributed by atoms with Crippen molar-refractivity contribution < 1.29 is 9.90 Å². The number of hydrogen-bond donors (Lipinski definition) is 2. The van der Waals surface area contributed by atoms with Gasteiger partial charge in [0.25, 0.3) is 0 Å². The minimum absolute atomic E-state index is 0.153. The molecule has 0 aliphatic rings. The van der Waals surface area contributed by atoms with Gasteiger partial charge >= 0.3 is 0 Å². The summed E-state index contributed by atoms with van der Waals surface area (Å²) in [6.45, 7) is 1.84. The van der Waals surface area contributed by atoms with Gasteiger partial charge in [-0.3, -0.25) is 9.78 Å². The molecule has 0 aliphatic carbocycles. The molecule has 0 fully saturated rings. The third kappa shape index (κ3) is 3.69. The van der Waals surface area contributed by atoms with Crippen LogP contribution in [0.3, 0.4) is 0 Å². The van der Waals surface area contributed by atoms with Crippen LogP contribution in [-0.2, 0) is 10.4 Å². The van der Waals surface area contributed by atoms with Crippen LogP contribution in [0.1, 0.15) is 18.1 Å². The molecule has 0 unspecified atom stereocenters. The number of aromatic nitrogens is 1. The molecule has 0 spiro atoms. The van der Waals surface area contributed by atoms with Crippen molar-refractivity contribution in [1.82, 2.24) is 10.3 Å². The summed E-state index contributed by atoms with van der Waals surface area (Å²) in [7, 11) is 0. The fourth-order valence-corrected chi connectivity index (χ4v) is 3.20. The topological polar surface area (TPSA) is 62.2 Å². The standard InChI is InChI=1S/C19H18N2O2S/c1-19(23,16-9-11-24-12-16)13-21-17(22)8-7-15-5-2-4-14-6-3-10-20-18(14)15/h2-12,23H,13H2,1H3,(H,21,22)/b8-7+/t19-/m0/s1. The van der Waals surface area contributed by atoms with Crippen LogP contribution in [0.15, 0.2) is 59.4 Å². The monoisotopic (exact) mass is 338 g/mol. The third-order valence-corrected chi connectivity index (χ3v) is 4.51. The van der Waals surface area contributed by atoms with E-state index in [9.17, 15) is 9.90 Å². The van der Waals surface area contributed by atoms with Crippen LogP contribution in [0.2, 0.25) is 0 Å². The third-order valence-electron chi connectivity index (χ3n) is 3.83. The smallest absolute Gasteiger partial charge is 0.244 e. The summed E-state index contributed by atoms with van der Waals surface area (Å²) < 4.78 is 0. The van der Waals surface area contributed by atoms with Crippen molar-refractivity contribution >= 4 is 34.2 Å². The Bertz CT molecular complexity index is 865. The summed E-state index contributed by atoms with van der Waals surface area (Å²) in [6.07, 6.45) is 4.94. The van der Waals surface area contributed by atoms with Crippen molar-refractivity contribution in [3.63, 3.8) is 0 Å². The van der Waals surface area contributed by atoms with Crippen LogP contribution in [0.25, 0.3) is 17.0 Å². The summed E-state index contributed by atoms with van der Waals surface area (Å²) >= 11 is 1.52. The molecule has 1 amide bonds. The maximum Gasteiger partial charge on any atom is 0.244 e. The molecule has 2 aromatic heterocycles. The fourth-order valence-electron chi connectivity index (χ4n) is 2.42. The van der Waals surface area contributed by atoms with Gasteiger partial charge in [0.1, 0.15) is 5.60 Å². The number of aliphatic hydroxyl groups is 1. The number of pyridine rings is 1. The molecule has 4 nitrogen and oxygen atoms in total. The van der Waals surface area contributed by atoms with Crippen LogP contribution in [0.5, 0.6) is 0 Å². The van der Waals surface area contributed by atoms with Gasteiger partial charge in [0, 0.05) is 23.2 Å². The number of hydrogen-bond acceptors (Lipinski definition) is 4. The minimum atomic E-state index is -1.08. The number of para-hydroxylation sites is 1. The van der Waals surface area contributed by atoms with E-state index >= 15 is 0 Å². The van der Waals surface area contributed by atoms with E-state index in [4.69, 9.17) is 0 Å². The maximum atomic E-state index is 12.0. The number of fused-ring (bicyclic) bond motifs is 1. The molecule has 0 radical (unpaired) electrons. The molecule has 0 saturated carbocycles. The Labute approximate surface area is 144 Å². The highest BCUT2D eigenvalue weighted by Crippen LogP contribution is 2.22. The molecule has 1 aromatic carbocycles. The predicted molar refractivity (Wildman–Crippen MR) is 97.7 cm³/mol. The van der Waals surface area contributed by atoms with Gasteiger partial charge in [0.05, 0.1) is 12.1 Å². The molecule has 0 bridgehead atoms. The van der Waals surface area contributed by atoms with Crippen LogP contribution in [0, 0.1) is 0 Å². The second-order valence-electron chi connectivity index (χ2n) is 5.76. The van der Waals surface area contributed by atoms with Crippen LogP contribution < -0.4 is 5.32 Å². The Hall–Kier alpha value is -2.50. The quantitative estimate of drug-likeness (QED) is 0.702. The average molecular weight is 338 g/mol. The summed E-state index contributed by atoms with van der Waals surface area (Å²) in [5.41, 5.74) is 1.46. The Morgan fingerprint density at radius 3 is 2.96 bits per heavy atom. The van der Waals surface area contributed by atoms with Crippen molar-refractivity contribution in [2.75, 3.05) is 6.54 Å². The first-order valence-corrected chi connectivity index (χ1v) is 8.55. The first kappa shape index (κ1) is 16.4. The lowest BCUT2D eigenvalue weighted by molar-refractivity contribution is -0.117. The fraction of sp³-hybridized carbons (Fsp3) is 0.158. The molecule has 1 atom stereocenters. The predicted octanol–water partition coefficient (Wildman–Crippen LogP) is 3.33. The lowest BCUT2D eigenvalue weighted by Crippen LogP contribution is -2.37. The van der Waals surface area contributed by atoms with Gasteiger partial charge in [-0.05, 0) is 41.5 Å². The number of carbonyl (C=O) groups is 1. The SMILES string of the molecule is C[C@](O)(CNC(=O)/C=C/c1cccc2cccnc12)c1ccsc1. The van der Waals surface area contributed by atoms with Gasteiger partial charge in [-0.15, -0.1) is 0 Å². The zero-order chi connectivity index (χ0) is 17.0. The molecular formula is C19H18N2O2S. The van der Waals surface area contributed by atoms with E-state index in [1.54, 1.807) is 19.2 Å². The van der Waals surface area contributed by atoms with E-state index in [2.05, 4.69) is 10.3 Å². The van der Waals surface area contributed by atoms with Gasteiger partial charge in [-0.1, -0.05) is 24.3 Å². The summed E-state index contributed by atoms with van der Waals surface area (Å²) in [5.74, 6) is -0.251. The van der Waals surface area contributed by atoms with Crippen molar-refractivity contribution in [3.05, 3.63) is 70.6 Å². The summed E-state index contributed by atoms with van der Waals surface area (Å²) in [4.78, 5) is 16.4. The molecule has 122 valence electrons. The zero-order valence-corrected chi connectivity index (χ0v) is 14.1. The van der Waals surface area contributed by atoms with Gasteiger partial charge in [-0.2, -0.15) is 11.3 Å². The molecule has 0 aliphatic heterocycles. The Kier molecular flexibility index (Phi) is 4.74. The summed E-state index contributed by atoms with van der Waals surface area (Å²) in [6, 6.07) is 11.6. The number of carbonyl (C=O) groups excluding carboxylic acids is 1. The van der Waals surface area contributed by atoms with Crippen molar-refractivity contribution in [2.45, 2.75) is 12.5 Å². The largest absolute Gasteiger partial charge is 0.384 e. The van der Waals surface area contributed by atoms with E-state index in [-0.39, 0.29) is 12.5 Å². The number of amides is 1. The van der Waals surface area contributed by atoms with Crippen molar-refractivity contribution in [1.29, 1.82) is 0 Å². The van der Waals surface area contributed by atoms with Crippen LogP contribution in [-0.4, -0.2) is 22.5 Å². The second-order valence-corrected chi connectivity index (χ2v) is 6.54. The van der Waals surface area contributed by atoms with Gasteiger partial charge in [-0.25, -0.2) is 0 Å². The van der Waals surface area contributed by atoms with Gasteiger partial charge < -0.3 is 10.4 Å². The average Bonchev–Trinajstić information content (AvgIpc) is 3.14. The Morgan fingerprint density at radius 1 is 1.33 bits per heavy atom. The first-order valence-electron chi connectivity index (χ1n) is 7.61. The van der Waals surface area contributed by atoms with Gasteiger partial charge in [0.15, 0.2) is 0 Å². The number of thiophene rings is 1. The molecule has 24 heavy (non-hydrogen) atoms. The highest BCUT2D eigenvalue weighted by Gasteiger charge is 2.23. The number of nitrogens with zero attached hydrogens (tertiary/aromatic N) is 1. The molecular weight excluding hydrogens is 320 g/mol. The van der Waals surface area contributed by atoms with Gasteiger partial charge in [0.2, 0.25) is 5.91 Å². The van der Waals surface area contributed by atoms with E-state index < -0.39 is 5.60 Å². The summed E-state index contributed by atoms with van der Waals surface area (Å²) in [5, 5.41) is 18.0. The Morgan fingerprint density at radius 2 is 2.17 bits per heavy atom. The van der Waals surface area contributed by atoms with Crippen LogP contribution >= 0.6 is 11.3 Å². The molecule has 2 heterocycles. The maximum absolute atomic E-state index is 12.0. The van der Waals surface area contributed by atoms with Crippen LogP contribution in [0.4, 0.5) is 0 Å². The molecule has 2 N–H and O–H groups in total. The number of rotatable bonds is 5. The number of benzene rings is 1. The van der Waals surface area contributed by atoms with E-state index in [0.29, 0.717) is 0 Å². The van der Waals surface area contributed by atoms with E-state index in [1.807, 2.05) is 47.2 Å². The molecule has 5 heteroatoms. The number of nitrogens with one attached hydrogen (secondary N) is 1. The highest BCUT2D eigenvalue weighted by molar-refractivity contribution is 7.08. The first-order chi connectivity index (χ1) is 11.6. The van der Waals surface area contributed by atoms with Crippen molar-refractivity contribution in [3.8, 4) is 0 Å².